The molecule has 0 saturated heterocycles. The molecule has 10 rings (SSSR count). The molecule has 0 N–H and O–H groups in total. The zero-order valence-electron chi connectivity index (χ0n) is 50.5. The van der Waals surface area contributed by atoms with E-state index in [9.17, 15) is 110 Å². The van der Waals surface area contributed by atoms with E-state index in [0.29, 0.717) is 17.3 Å². The van der Waals surface area contributed by atoms with Crippen molar-refractivity contribution in [2.45, 2.75) is 71.7 Å². The van der Waals surface area contributed by atoms with Crippen LogP contribution in [0.25, 0.3) is 67.3 Å². The second-order valence-corrected chi connectivity index (χ2v) is 20.7. The van der Waals surface area contributed by atoms with Crippen LogP contribution in [0.5, 0.6) is 0 Å². The van der Waals surface area contributed by atoms with Gasteiger partial charge in [0.2, 0.25) is 0 Å². The van der Waals surface area contributed by atoms with Crippen LogP contribution in [-0.2, 0) is 117 Å². The molecule has 546 valence electrons. The molecule has 0 bridgehead atoms. The average Bonchev–Trinajstić information content (AvgIpc) is 0.777. The van der Waals surface area contributed by atoms with Gasteiger partial charge in [-0.3, -0.25) is 35.1 Å². The summed E-state index contributed by atoms with van der Waals surface area (Å²) in [6, 6.07) is 23.7. The maximum absolute atomic E-state index is 15.2. The largest absolute Gasteiger partial charge is 0.416 e. The molecule has 0 spiro atoms. The van der Waals surface area contributed by atoms with Gasteiger partial charge >= 0.3 is 37.1 Å². The fourth-order valence-electron chi connectivity index (χ4n) is 8.66. The van der Waals surface area contributed by atoms with Gasteiger partial charge in [0.15, 0.2) is 0 Å². The molecule has 0 aliphatic rings. The second kappa shape index (κ2) is 34.3. The van der Waals surface area contributed by atoms with E-state index < -0.39 is 150 Å². The maximum atomic E-state index is 15.2. The van der Waals surface area contributed by atoms with E-state index in [1.54, 1.807) is 38.2 Å². The van der Waals surface area contributed by atoms with Crippen molar-refractivity contribution >= 4 is 0 Å². The van der Waals surface area contributed by atoms with Gasteiger partial charge in [0.05, 0.1) is 39.7 Å². The normalized spacial score (nSPS) is 11.6. The number of nitrogens with zero attached hydrogens (tertiary/aromatic N) is 4. The smallest absolute Gasteiger partial charge is 0.372 e. The van der Waals surface area contributed by atoms with Crippen LogP contribution >= 0.6 is 0 Å². The van der Waals surface area contributed by atoms with Crippen LogP contribution in [0.3, 0.4) is 0 Å². The van der Waals surface area contributed by atoms with E-state index in [0.717, 1.165) is 34.9 Å². The molecule has 0 amide bonds. The first-order chi connectivity index (χ1) is 44.8. The Kier molecular flexibility index (Phi) is 29.9. The predicted molar refractivity (Wildman–Crippen MR) is 297 cm³/mol. The quantitative estimate of drug-likeness (QED) is 0.123. The van der Waals surface area contributed by atoms with Gasteiger partial charge in [0.25, 0.3) is 0 Å². The molecule has 4 aromatic heterocycles. The van der Waals surface area contributed by atoms with E-state index in [1.807, 2.05) is 13.0 Å². The third-order valence-electron chi connectivity index (χ3n) is 13.2. The Morgan fingerprint density at radius 1 is 0.337 bits per heavy atom. The molecule has 0 saturated carbocycles. The molecule has 4 radical (unpaired) electrons. The van der Waals surface area contributed by atoms with Gasteiger partial charge in [0, 0.05) is 139 Å². The van der Waals surface area contributed by atoms with Gasteiger partial charge in [-0.05, 0) is 119 Å². The molecule has 4 nitrogen and oxygen atoms in total. The molecule has 0 atom stereocenters. The van der Waals surface area contributed by atoms with Crippen molar-refractivity contribution in [3.8, 4) is 67.3 Å². The first kappa shape index (κ1) is 87.9. The minimum atomic E-state index is -5.66. The summed E-state index contributed by atoms with van der Waals surface area (Å²) in [6.45, 7) is 7.91. The third kappa shape index (κ3) is 21.9. The van der Waals surface area contributed by atoms with Crippen molar-refractivity contribution in [3.05, 3.63) is 260 Å². The topological polar surface area (TPSA) is 51.6 Å². The van der Waals surface area contributed by atoms with Crippen molar-refractivity contribution < 1.29 is 195 Å². The van der Waals surface area contributed by atoms with Crippen molar-refractivity contribution in [1.82, 2.24) is 19.9 Å². The van der Waals surface area contributed by atoms with Gasteiger partial charge in [-0.1, -0.05) is 89.8 Å². The predicted octanol–water partition coefficient (Wildman–Crippen LogP) is 22.1. The molecule has 10 aromatic rings. The van der Waals surface area contributed by atoms with Crippen LogP contribution < -0.4 is 0 Å². The minimum absolute atomic E-state index is 0. The van der Waals surface area contributed by atoms with E-state index in [4.69, 9.17) is 0 Å². The number of aromatic nitrogens is 4. The fourth-order valence-corrected chi connectivity index (χ4v) is 8.66. The van der Waals surface area contributed by atoms with Crippen molar-refractivity contribution in [1.29, 1.82) is 0 Å². The van der Waals surface area contributed by atoms with E-state index in [1.165, 1.54) is 50.5 Å². The summed E-state index contributed by atoms with van der Waals surface area (Å²) >= 11 is 0. The van der Waals surface area contributed by atoms with Crippen LogP contribution in [0, 0.1) is 112 Å². The number of aryl methyl sites for hydroxylation is 5. The molecule has 0 fully saturated rings. The Morgan fingerprint density at radius 2 is 0.782 bits per heavy atom. The van der Waals surface area contributed by atoms with Gasteiger partial charge in [-0.15, -0.1) is 42.5 Å². The molecule has 0 aliphatic heterocycles. The van der Waals surface area contributed by atoms with Crippen LogP contribution in [-0.4, -0.2) is 19.9 Å². The molecule has 0 unspecified atom stereocenters. The zero-order chi connectivity index (χ0) is 72.4. The molecular weight excluding hydrogens is 2120 g/mol. The number of hydrogen-bond acceptors (Lipinski definition) is 4. The molecule has 34 heteroatoms. The zero-order valence-corrected chi connectivity index (χ0v) is 60.1. The van der Waals surface area contributed by atoms with Crippen molar-refractivity contribution in [2.75, 3.05) is 0 Å². The van der Waals surface area contributed by atoms with Gasteiger partial charge < -0.3 is 19.9 Å². The Morgan fingerprint density at radius 3 is 1.21 bits per heavy atom. The van der Waals surface area contributed by atoms with Gasteiger partial charge in [-0.2, -0.15) is 90.7 Å². The Labute approximate surface area is 609 Å². The SMILES string of the molecule is Cc1c[c-]nc(-c2[c-]c(C(F)(F)F)c(F)c(C(F)(F)F)c2F)c1.Cc1ccc(-c2[c-]c(C)c(F)c(-c3cc(C(F)(F)F)cc(C(F)(F)F)c3)c2F)nc1.Cc1ccc(-c2[c-]cc(F)c(-c3cc(C(F)(F)F)cc(C(F)(F)F)c3)c2F)nc1.Cc1ccnc(-c2[c-]cc(F)cc2F)c1.[Ir].[Ir].[Ir].[Ir]. The Bertz CT molecular complexity index is 4470. The minimum Gasteiger partial charge on any atom is -0.372 e. The van der Waals surface area contributed by atoms with E-state index in [2.05, 4.69) is 44.3 Å². The molecule has 101 heavy (non-hydrogen) atoms. The number of hydrogen-bond donors (Lipinski definition) is 0. The molecule has 4 heterocycles. The van der Waals surface area contributed by atoms with Crippen molar-refractivity contribution in [3.63, 3.8) is 0 Å². The number of pyridine rings is 4. The van der Waals surface area contributed by atoms with Gasteiger partial charge in [-0.25, -0.2) is 0 Å². The van der Waals surface area contributed by atoms with E-state index >= 15 is 4.39 Å². The monoisotopic (exact) mass is 2160 g/mol. The summed E-state index contributed by atoms with van der Waals surface area (Å²) < 4.78 is 346. The van der Waals surface area contributed by atoms with Crippen LogP contribution in [0.1, 0.15) is 61.2 Å². The summed E-state index contributed by atoms with van der Waals surface area (Å²) in [5, 5.41) is 0. The summed E-state index contributed by atoms with van der Waals surface area (Å²) in [6.07, 6.45) is -25.2. The Hall–Kier alpha value is -7.30. The standard InChI is InChI=1S/C21H12F8N.C20H10F8N.C14H5F8N.C12H8F2N.4Ir/c1-10-3-4-16(30-9-10)15-5-11(2)18(22)17(19(15)23)12-6-13(20(24,25)26)8-14(7-12)21(27,28)29;1-10-2-5-16(29-9-10)14-3-4-15(21)17(18(14)22)11-6-12(19(23,24)25)8-13(7-11)20(26,27)28;1-6-2-3-23-9(4-6)7-5-8(13(17,18)19)12(16)10(11(7)15)14(20,21)22;1-8-4-5-15-12(6-8)10-3-2-9(13)7-11(10)14;;;;/h3-4,6-9H,1-2H3;2,4-9H,1H3;2,4H,1H3;2,4-7H,1H3;;;;/q2*-1;-2;-1;;;;. The van der Waals surface area contributed by atoms with Crippen molar-refractivity contribution in [2.24, 2.45) is 0 Å². The van der Waals surface area contributed by atoms with Gasteiger partial charge in [0.1, 0.15) is 0 Å². The van der Waals surface area contributed by atoms with Crippen LogP contribution in [0.2, 0.25) is 0 Å². The summed E-state index contributed by atoms with van der Waals surface area (Å²) in [4.78, 5) is 15.3. The second-order valence-electron chi connectivity index (χ2n) is 20.7. The molecule has 6 aromatic carbocycles. The first-order valence-corrected chi connectivity index (χ1v) is 26.8. The first-order valence-electron chi connectivity index (χ1n) is 26.8. The number of benzene rings is 6. The number of rotatable bonds is 6. The fraction of sp³-hybridized carbons (Fsp3) is 0.164. The number of halogens is 26. The number of alkyl halides is 18. The third-order valence-corrected chi connectivity index (χ3v) is 13.2. The summed E-state index contributed by atoms with van der Waals surface area (Å²) in [5.74, 6) is -11.6. The summed E-state index contributed by atoms with van der Waals surface area (Å²) in [7, 11) is 0. The molecular formula is C67H35F26Ir4N4-5. The molecule has 0 aliphatic carbocycles. The van der Waals surface area contributed by atoms with E-state index in [-0.39, 0.29) is 150 Å². The Balaban J connectivity index is 0.000000354. The summed E-state index contributed by atoms with van der Waals surface area (Å²) in [5.41, 5.74) is -14.9. The van der Waals surface area contributed by atoms with Crippen LogP contribution in [0.4, 0.5) is 114 Å². The average molecular weight is 2160 g/mol. The maximum Gasteiger partial charge on any atom is 0.416 e. The van der Waals surface area contributed by atoms with Crippen LogP contribution in [0.15, 0.2) is 122 Å².